The summed E-state index contributed by atoms with van der Waals surface area (Å²) in [5.41, 5.74) is 7.26. The summed E-state index contributed by atoms with van der Waals surface area (Å²) in [5.74, 6) is 0.761. The lowest BCUT2D eigenvalue weighted by molar-refractivity contribution is 0.419. The lowest BCUT2D eigenvalue weighted by Gasteiger charge is -2.01. The van der Waals surface area contributed by atoms with E-state index in [1.165, 1.54) is 0 Å². The molecule has 0 aliphatic heterocycles. The molecule has 0 aliphatic rings. The van der Waals surface area contributed by atoms with Gasteiger partial charge in [0.25, 0.3) is 0 Å². The molecule has 1 aromatic carbocycles. The van der Waals surface area contributed by atoms with E-state index in [0.29, 0.717) is 5.69 Å². The third-order valence-corrected chi connectivity index (χ3v) is 1.83. The molecule has 4 heteroatoms. The van der Waals surface area contributed by atoms with Gasteiger partial charge in [-0.15, -0.1) is 0 Å². The van der Waals surface area contributed by atoms with Crippen LogP contribution in [0.25, 0.3) is 10.9 Å². The van der Waals surface area contributed by atoms with Crippen LogP contribution >= 0.6 is 0 Å². The Labute approximate surface area is 69.3 Å². The molecule has 1 aromatic heterocycles. The number of hydrogen-bond donors (Lipinski definition) is 2. The average molecular weight is 163 g/mol. The first-order valence-corrected chi connectivity index (χ1v) is 3.58. The van der Waals surface area contributed by atoms with Crippen LogP contribution in [0.5, 0.6) is 5.75 Å². The fraction of sp³-hybridized carbons (Fsp3) is 0.125. The third-order valence-electron chi connectivity index (χ3n) is 1.83. The zero-order valence-electron chi connectivity index (χ0n) is 6.66. The van der Waals surface area contributed by atoms with Gasteiger partial charge in [0.15, 0.2) is 0 Å². The van der Waals surface area contributed by atoms with Gasteiger partial charge in [-0.2, -0.15) is 5.10 Å². The highest BCUT2D eigenvalue weighted by Crippen LogP contribution is 2.27. The predicted molar refractivity (Wildman–Crippen MR) is 47.1 cm³/mol. The third kappa shape index (κ3) is 0.812. The van der Waals surface area contributed by atoms with Crippen LogP contribution in [0.15, 0.2) is 18.3 Å². The molecular weight excluding hydrogens is 154 g/mol. The number of nitrogen functional groups attached to an aromatic ring is 1. The van der Waals surface area contributed by atoms with Crippen molar-refractivity contribution >= 4 is 16.6 Å². The highest BCUT2D eigenvalue weighted by Gasteiger charge is 2.04. The number of anilines is 1. The fourth-order valence-corrected chi connectivity index (χ4v) is 1.20. The second-order valence-electron chi connectivity index (χ2n) is 2.52. The molecule has 2 rings (SSSR count). The lowest BCUT2D eigenvalue weighted by atomic mass is 10.2. The normalized spacial score (nSPS) is 10.4. The molecular formula is C8H9N3O. The van der Waals surface area contributed by atoms with E-state index >= 15 is 0 Å². The van der Waals surface area contributed by atoms with Crippen molar-refractivity contribution in [3.63, 3.8) is 0 Å². The first kappa shape index (κ1) is 6.97. The van der Waals surface area contributed by atoms with Crippen LogP contribution in [-0.4, -0.2) is 17.3 Å². The van der Waals surface area contributed by atoms with Crippen molar-refractivity contribution in [2.75, 3.05) is 12.8 Å². The highest BCUT2D eigenvalue weighted by molar-refractivity contribution is 5.93. The predicted octanol–water partition coefficient (Wildman–Crippen LogP) is 1.15. The molecule has 0 radical (unpaired) electrons. The number of aromatic nitrogens is 2. The van der Waals surface area contributed by atoms with Gasteiger partial charge < -0.3 is 10.5 Å². The SMILES string of the molecule is COc1ccc(N)c2cn[nH]c12. The molecule has 0 unspecified atom stereocenters. The maximum absolute atomic E-state index is 5.71. The van der Waals surface area contributed by atoms with E-state index < -0.39 is 0 Å². The molecule has 4 nitrogen and oxygen atoms in total. The number of fused-ring (bicyclic) bond motifs is 1. The number of H-pyrrole nitrogens is 1. The lowest BCUT2D eigenvalue weighted by Crippen LogP contribution is -1.88. The van der Waals surface area contributed by atoms with Gasteiger partial charge in [0.1, 0.15) is 11.3 Å². The number of hydrogen-bond acceptors (Lipinski definition) is 3. The Hall–Kier alpha value is -1.71. The van der Waals surface area contributed by atoms with Crippen molar-refractivity contribution in [2.45, 2.75) is 0 Å². The largest absolute Gasteiger partial charge is 0.494 e. The minimum atomic E-state index is 0.708. The molecule has 1 heterocycles. The number of ether oxygens (including phenoxy) is 1. The fourth-order valence-electron chi connectivity index (χ4n) is 1.20. The summed E-state index contributed by atoms with van der Waals surface area (Å²) >= 11 is 0. The van der Waals surface area contributed by atoms with Crippen molar-refractivity contribution < 1.29 is 4.74 Å². The molecule has 0 atom stereocenters. The van der Waals surface area contributed by atoms with Crippen molar-refractivity contribution in [1.82, 2.24) is 10.2 Å². The summed E-state index contributed by atoms with van der Waals surface area (Å²) in [7, 11) is 1.62. The quantitative estimate of drug-likeness (QED) is 0.620. The van der Waals surface area contributed by atoms with Crippen molar-refractivity contribution in [3.8, 4) is 5.75 Å². The van der Waals surface area contributed by atoms with Crippen LogP contribution in [0, 0.1) is 0 Å². The van der Waals surface area contributed by atoms with E-state index in [2.05, 4.69) is 10.2 Å². The molecule has 2 aromatic rings. The molecule has 62 valence electrons. The number of nitrogens with zero attached hydrogens (tertiary/aromatic N) is 1. The van der Waals surface area contributed by atoms with Crippen LogP contribution in [-0.2, 0) is 0 Å². The number of nitrogens with one attached hydrogen (secondary N) is 1. The van der Waals surface area contributed by atoms with Gasteiger partial charge in [0.2, 0.25) is 0 Å². The molecule has 0 saturated heterocycles. The van der Waals surface area contributed by atoms with Gasteiger partial charge >= 0.3 is 0 Å². The summed E-state index contributed by atoms with van der Waals surface area (Å²) in [6.07, 6.45) is 1.69. The van der Waals surface area contributed by atoms with Gasteiger partial charge in [0, 0.05) is 11.1 Å². The highest BCUT2D eigenvalue weighted by atomic mass is 16.5. The molecule has 0 bridgehead atoms. The molecule has 0 saturated carbocycles. The van der Waals surface area contributed by atoms with E-state index in [9.17, 15) is 0 Å². The molecule has 0 aliphatic carbocycles. The molecule has 12 heavy (non-hydrogen) atoms. The number of rotatable bonds is 1. The number of methoxy groups -OCH3 is 1. The standard InChI is InChI=1S/C8H9N3O/c1-12-7-3-2-6(9)5-4-10-11-8(5)7/h2-4H,9H2,1H3,(H,10,11). The first-order chi connectivity index (χ1) is 5.83. The second-order valence-corrected chi connectivity index (χ2v) is 2.52. The Morgan fingerprint density at radius 2 is 2.33 bits per heavy atom. The van der Waals surface area contributed by atoms with Crippen LogP contribution in [0.2, 0.25) is 0 Å². The van der Waals surface area contributed by atoms with Gasteiger partial charge in [-0.3, -0.25) is 5.10 Å². The van der Waals surface area contributed by atoms with Crippen molar-refractivity contribution in [3.05, 3.63) is 18.3 Å². The Kier molecular flexibility index (Phi) is 1.40. The Morgan fingerprint density at radius 1 is 1.50 bits per heavy atom. The summed E-state index contributed by atoms with van der Waals surface area (Å²) in [5, 5.41) is 7.61. The van der Waals surface area contributed by atoms with Gasteiger partial charge in [-0.25, -0.2) is 0 Å². The molecule has 0 amide bonds. The maximum atomic E-state index is 5.71. The Balaban J connectivity index is 2.82. The van der Waals surface area contributed by atoms with Crippen LogP contribution in [0.3, 0.4) is 0 Å². The van der Waals surface area contributed by atoms with Crippen LogP contribution in [0.4, 0.5) is 5.69 Å². The number of aromatic amines is 1. The minimum Gasteiger partial charge on any atom is -0.494 e. The molecule has 0 spiro atoms. The van der Waals surface area contributed by atoms with Gasteiger partial charge in [-0.05, 0) is 12.1 Å². The number of nitrogens with two attached hydrogens (primary N) is 1. The van der Waals surface area contributed by atoms with E-state index in [1.54, 1.807) is 19.4 Å². The second kappa shape index (κ2) is 2.41. The van der Waals surface area contributed by atoms with E-state index in [1.807, 2.05) is 6.07 Å². The summed E-state index contributed by atoms with van der Waals surface area (Å²) in [4.78, 5) is 0. The van der Waals surface area contributed by atoms with E-state index in [-0.39, 0.29) is 0 Å². The smallest absolute Gasteiger partial charge is 0.144 e. The molecule has 3 N–H and O–H groups in total. The van der Waals surface area contributed by atoms with Crippen molar-refractivity contribution in [2.24, 2.45) is 0 Å². The summed E-state index contributed by atoms with van der Waals surface area (Å²) < 4.78 is 5.11. The van der Waals surface area contributed by atoms with Crippen LogP contribution < -0.4 is 10.5 Å². The minimum absolute atomic E-state index is 0.708. The zero-order valence-corrected chi connectivity index (χ0v) is 6.66. The maximum Gasteiger partial charge on any atom is 0.144 e. The summed E-state index contributed by atoms with van der Waals surface area (Å²) in [6, 6.07) is 3.62. The average Bonchev–Trinajstić information content (AvgIpc) is 2.54. The molecule has 0 fully saturated rings. The zero-order chi connectivity index (χ0) is 8.55. The van der Waals surface area contributed by atoms with Crippen molar-refractivity contribution in [1.29, 1.82) is 0 Å². The van der Waals surface area contributed by atoms with Gasteiger partial charge in [0.05, 0.1) is 13.3 Å². The topological polar surface area (TPSA) is 63.9 Å². The number of benzene rings is 1. The Bertz CT molecular complexity index is 408. The summed E-state index contributed by atoms with van der Waals surface area (Å²) in [6.45, 7) is 0. The van der Waals surface area contributed by atoms with Gasteiger partial charge in [-0.1, -0.05) is 0 Å². The van der Waals surface area contributed by atoms with E-state index in [4.69, 9.17) is 10.5 Å². The first-order valence-electron chi connectivity index (χ1n) is 3.58. The van der Waals surface area contributed by atoms with Crippen LogP contribution in [0.1, 0.15) is 0 Å². The monoisotopic (exact) mass is 163 g/mol. The van der Waals surface area contributed by atoms with E-state index in [0.717, 1.165) is 16.7 Å². The Morgan fingerprint density at radius 3 is 3.08 bits per heavy atom.